The van der Waals surface area contributed by atoms with E-state index >= 15 is 0 Å². The number of rotatable bonds is 8. The predicted molar refractivity (Wildman–Crippen MR) is 116 cm³/mol. The van der Waals surface area contributed by atoms with Crippen LogP contribution in [0.4, 0.5) is 5.69 Å². The van der Waals surface area contributed by atoms with Crippen molar-refractivity contribution in [2.24, 2.45) is 0 Å². The lowest BCUT2D eigenvalue weighted by Crippen LogP contribution is -2.27. The molecule has 0 bridgehead atoms. The third-order valence-electron chi connectivity index (χ3n) is 4.61. The Kier molecular flexibility index (Phi) is 7.05. The lowest BCUT2D eigenvalue weighted by molar-refractivity contribution is 0.0955. The molecule has 154 valence electrons. The number of anilines is 1. The topological polar surface area (TPSA) is 76.7 Å². The molecule has 3 aromatic carbocycles. The van der Waals surface area contributed by atoms with Gasteiger partial charge in [-0.1, -0.05) is 42.5 Å². The SMILES string of the molecule is COc1ccc(OC)c(C(=O)Nc2ccccc2C(=O)NCCc2ccccc2)c1. The Balaban J connectivity index is 1.72. The van der Waals surface area contributed by atoms with Crippen LogP contribution in [0.3, 0.4) is 0 Å². The summed E-state index contributed by atoms with van der Waals surface area (Å²) in [4.78, 5) is 25.5. The average Bonchev–Trinajstić information content (AvgIpc) is 2.79. The maximum atomic E-state index is 12.9. The fourth-order valence-electron chi connectivity index (χ4n) is 3.03. The minimum atomic E-state index is -0.393. The van der Waals surface area contributed by atoms with Gasteiger partial charge in [0.05, 0.1) is 31.0 Å². The van der Waals surface area contributed by atoms with E-state index in [0.717, 1.165) is 12.0 Å². The zero-order valence-electron chi connectivity index (χ0n) is 17.0. The van der Waals surface area contributed by atoms with Crippen LogP contribution in [0, 0.1) is 0 Å². The smallest absolute Gasteiger partial charge is 0.259 e. The van der Waals surface area contributed by atoms with Crippen LogP contribution in [0.2, 0.25) is 0 Å². The quantitative estimate of drug-likeness (QED) is 0.596. The molecule has 0 aliphatic heterocycles. The van der Waals surface area contributed by atoms with Gasteiger partial charge in [0.2, 0.25) is 0 Å². The van der Waals surface area contributed by atoms with Gasteiger partial charge in [-0.2, -0.15) is 0 Å². The van der Waals surface area contributed by atoms with E-state index in [-0.39, 0.29) is 5.91 Å². The molecule has 0 aromatic heterocycles. The van der Waals surface area contributed by atoms with Crippen molar-refractivity contribution in [1.82, 2.24) is 5.32 Å². The van der Waals surface area contributed by atoms with E-state index in [1.165, 1.54) is 14.2 Å². The van der Waals surface area contributed by atoms with Crippen molar-refractivity contribution >= 4 is 17.5 Å². The highest BCUT2D eigenvalue weighted by Crippen LogP contribution is 2.25. The Hall–Kier alpha value is -3.80. The summed E-state index contributed by atoms with van der Waals surface area (Å²) < 4.78 is 10.5. The average molecular weight is 404 g/mol. The molecular formula is C24H24N2O4. The highest BCUT2D eigenvalue weighted by atomic mass is 16.5. The first kappa shape index (κ1) is 20.9. The first-order valence-corrected chi connectivity index (χ1v) is 9.57. The number of para-hydroxylation sites is 1. The summed E-state index contributed by atoms with van der Waals surface area (Å²) in [5.74, 6) is 0.306. The van der Waals surface area contributed by atoms with Gasteiger partial charge in [0, 0.05) is 6.54 Å². The van der Waals surface area contributed by atoms with Crippen molar-refractivity contribution in [3.63, 3.8) is 0 Å². The van der Waals surface area contributed by atoms with Crippen LogP contribution < -0.4 is 20.1 Å². The lowest BCUT2D eigenvalue weighted by Gasteiger charge is -2.14. The maximum Gasteiger partial charge on any atom is 0.259 e. The number of ether oxygens (including phenoxy) is 2. The Labute approximate surface area is 175 Å². The largest absolute Gasteiger partial charge is 0.497 e. The van der Waals surface area contributed by atoms with Crippen LogP contribution in [0.1, 0.15) is 26.3 Å². The third-order valence-corrected chi connectivity index (χ3v) is 4.61. The second kappa shape index (κ2) is 10.1. The van der Waals surface area contributed by atoms with Gasteiger partial charge >= 0.3 is 0 Å². The summed E-state index contributed by atoms with van der Waals surface area (Å²) in [6, 6.07) is 21.8. The highest BCUT2D eigenvalue weighted by molar-refractivity contribution is 6.10. The van der Waals surface area contributed by atoms with Crippen LogP contribution in [-0.4, -0.2) is 32.6 Å². The molecular weight excluding hydrogens is 380 g/mol. The summed E-state index contributed by atoms with van der Waals surface area (Å²) in [6.45, 7) is 0.495. The molecule has 6 nitrogen and oxygen atoms in total. The lowest BCUT2D eigenvalue weighted by atomic mass is 10.1. The second-order valence-corrected chi connectivity index (χ2v) is 6.56. The molecule has 6 heteroatoms. The molecule has 0 atom stereocenters. The predicted octanol–water partition coefficient (Wildman–Crippen LogP) is 3.93. The van der Waals surface area contributed by atoms with Crippen molar-refractivity contribution in [2.45, 2.75) is 6.42 Å². The van der Waals surface area contributed by atoms with E-state index in [0.29, 0.717) is 34.9 Å². The fraction of sp³-hybridized carbons (Fsp3) is 0.167. The van der Waals surface area contributed by atoms with E-state index < -0.39 is 5.91 Å². The van der Waals surface area contributed by atoms with Gasteiger partial charge in [-0.15, -0.1) is 0 Å². The van der Waals surface area contributed by atoms with Crippen molar-refractivity contribution in [3.8, 4) is 11.5 Å². The Morgan fingerprint density at radius 3 is 2.27 bits per heavy atom. The maximum absolute atomic E-state index is 12.9. The van der Waals surface area contributed by atoms with Crippen LogP contribution in [0.25, 0.3) is 0 Å². The van der Waals surface area contributed by atoms with E-state index in [1.54, 1.807) is 42.5 Å². The molecule has 0 radical (unpaired) electrons. The molecule has 0 heterocycles. The number of methoxy groups -OCH3 is 2. The Morgan fingerprint density at radius 1 is 0.800 bits per heavy atom. The minimum Gasteiger partial charge on any atom is -0.497 e. The minimum absolute atomic E-state index is 0.251. The highest BCUT2D eigenvalue weighted by Gasteiger charge is 2.17. The first-order valence-electron chi connectivity index (χ1n) is 9.57. The zero-order valence-corrected chi connectivity index (χ0v) is 17.0. The Bertz CT molecular complexity index is 1020. The van der Waals surface area contributed by atoms with Gasteiger partial charge in [0.1, 0.15) is 11.5 Å². The number of carbonyl (C=O) groups excluding carboxylic acids is 2. The molecule has 0 fully saturated rings. The van der Waals surface area contributed by atoms with Gasteiger partial charge < -0.3 is 20.1 Å². The number of carbonyl (C=O) groups is 2. The summed E-state index contributed by atoms with van der Waals surface area (Å²) in [7, 11) is 3.02. The van der Waals surface area contributed by atoms with Gasteiger partial charge in [0.15, 0.2) is 0 Å². The Morgan fingerprint density at radius 2 is 1.53 bits per heavy atom. The van der Waals surface area contributed by atoms with Crippen LogP contribution in [0.15, 0.2) is 72.8 Å². The second-order valence-electron chi connectivity index (χ2n) is 6.56. The number of amides is 2. The molecule has 2 amide bonds. The van der Waals surface area contributed by atoms with Crippen molar-refractivity contribution in [1.29, 1.82) is 0 Å². The molecule has 3 aromatic rings. The van der Waals surface area contributed by atoms with E-state index in [9.17, 15) is 9.59 Å². The van der Waals surface area contributed by atoms with Crippen LogP contribution in [0.5, 0.6) is 11.5 Å². The van der Waals surface area contributed by atoms with Gasteiger partial charge in [-0.3, -0.25) is 9.59 Å². The molecule has 2 N–H and O–H groups in total. The molecule has 0 spiro atoms. The zero-order chi connectivity index (χ0) is 21.3. The number of hydrogen-bond acceptors (Lipinski definition) is 4. The third kappa shape index (κ3) is 5.17. The monoisotopic (exact) mass is 404 g/mol. The van der Waals surface area contributed by atoms with E-state index in [1.807, 2.05) is 30.3 Å². The molecule has 0 aliphatic carbocycles. The van der Waals surface area contributed by atoms with Gasteiger partial charge in [-0.25, -0.2) is 0 Å². The van der Waals surface area contributed by atoms with Gasteiger partial charge in [0.25, 0.3) is 11.8 Å². The van der Waals surface area contributed by atoms with E-state index in [4.69, 9.17) is 9.47 Å². The molecule has 0 unspecified atom stereocenters. The fourth-order valence-corrected chi connectivity index (χ4v) is 3.03. The van der Waals surface area contributed by atoms with Crippen molar-refractivity contribution in [3.05, 3.63) is 89.5 Å². The summed E-state index contributed by atoms with van der Waals surface area (Å²) >= 11 is 0. The van der Waals surface area contributed by atoms with E-state index in [2.05, 4.69) is 10.6 Å². The summed E-state index contributed by atoms with van der Waals surface area (Å²) in [6.07, 6.45) is 0.724. The van der Waals surface area contributed by atoms with Crippen LogP contribution in [-0.2, 0) is 6.42 Å². The van der Waals surface area contributed by atoms with Crippen molar-refractivity contribution < 1.29 is 19.1 Å². The van der Waals surface area contributed by atoms with Crippen molar-refractivity contribution in [2.75, 3.05) is 26.1 Å². The molecule has 3 rings (SSSR count). The molecule has 0 saturated carbocycles. The molecule has 30 heavy (non-hydrogen) atoms. The molecule has 0 saturated heterocycles. The number of benzene rings is 3. The normalized spacial score (nSPS) is 10.2. The standard InChI is InChI=1S/C24H24N2O4/c1-29-18-12-13-22(30-2)20(16-18)24(28)26-21-11-7-6-10-19(21)23(27)25-15-14-17-8-4-3-5-9-17/h3-13,16H,14-15H2,1-2H3,(H,25,27)(H,26,28). The summed E-state index contributed by atoms with van der Waals surface area (Å²) in [5.41, 5.74) is 2.27. The number of nitrogens with one attached hydrogen (secondary N) is 2. The van der Waals surface area contributed by atoms with Gasteiger partial charge in [-0.05, 0) is 42.3 Å². The van der Waals surface area contributed by atoms with Crippen LogP contribution >= 0.6 is 0 Å². The number of hydrogen-bond donors (Lipinski definition) is 2. The first-order chi connectivity index (χ1) is 14.6. The summed E-state index contributed by atoms with van der Waals surface area (Å²) in [5, 5.41) is 5.71. The molecule has 0 aliphatic rings.